The Bertz CT molecular complexity index is 680. The van der Waals surface area contributed by atoms with Gasteiger partial charge in [0.2, 0.25) is 0 Å². The summed E-state index contributed by atoms with van der Waals surface area (Å²) in [6, 6.07) is 4.67. The summed E-state index contributed by atoms with van der Waals surface area (Å²) in [6.45, 7) is 28.2. The highest BCUT2D eigenvalue weighted by molar-refractivity contribution is 4.95. The highest BCUT2D eigenvalue weighted by atomic mass is 16.5. The van der Waals surface area contributed by atoms with Gasteiger partial charge in [-0.2, -0.15) is 10.5 Å². The van der Waals surface area contributed by atoms with Crippen LogP contribution in [0.25, 0.3) is 0 Å². The summed E-state index contributed by atoms with van der Waals surface area (Å²) in [5, 5.41) is 18.5. The minimum Gasteiger partial charge on any atom is -0.375 e. The van der Waals surface area contributed by atoms with Crippen LogP contribution in [0.4, 0.5) is 0 Å². The van der Waals surface area contributed by atoms with Crippen LogP contribution in [-0.2, 0) is 14.2 Å². The Kier molecular flexibility index (Phi) is 11.6. The molecule has 0 bridgehead atoms. The van der Waals surface area contributed by atoms with Crippen molar-refractivity contribution in [1.82, 2.24) is 0 Å². The van der Waals surface area contributed by atoms with Crippen molar-refractivity contribution in [3.8, 4) is 12.1 Å². The van der Waals surface area contributed by atoms with Crippen LogP contribution in [0, 0.1) is 45.3 Å². The molecule has 0 rings (SSSR count). The summed E-state index contributed by atoms with van der Waals surface area (Å²) < 4.78 is 18.9. The zero-order valence-corrected chi connectivity index (χ0v) is 23.9. The zero-order valence-electron chi connectivity index (χ0n) is 23.9. The third-order valence-electron chi connectivity index (χ3n) is 7.38. The molecule has 0 aromatic carbocycles. The van der Waals surface area contributed by atoms with Crippen molar-refractivity contribution in [3.63, 3.8) is 0 Å². The van der Waals surface area contributed by atoms with E-state index in [4.69, 9.17) is 19.5 Å². The topological polar surface area (TPSA) is 75.3 Å². The van der Waals surface area contributed by atoms with E-state index >= 15 is 0 Å². The molecule has 0 radical (unpaired) electrons. The Morgan fingerprint density at radius 1 is 0.758 bits per heavy atom. The molecule has 5 heteroatoms. The molecular weight excluding hydrogens is 412 g/mol. The first-order chi connectivity index (χ1) is 14.7. The fourth-order valence-electron chi connectivity index (χ4n) is 3.87. The van der Waals surface area contributed by atoms with Crippen molar-refractivity contribution < 1.29 is 14.2 Å². The van der Waals surface area contributed by atoms with Gasteiger partial charge in [0.1, 0.15) is 0 Å². The smallest absolute Gasteiger partial charge is 0.0687 e. The summed E-state index contributed by atoms with van der Waals surface area (Å²) in [5.74, 6) is 0.125. The maximum atomic E-state index is 9.33. The molecule has 0 saturated heterocycles. The normalized spacial score (nSPS) is 16.6. The summed E-state index contributed by atoms with van der Waals surface area (Å²) in [7, 11) is 0. The second kappa shape index (κ2) is 12.0. The van der Waals surface area contributed by atoms with E-state index in [1.807, 2.05) is 20.8 Å². The average molecular weight is 465 g/mol. The minimum absolute atomic E-state index is 0.0282. The Morgan fingerprint density at radius 2 is 1.30 bits per heavy atom. The zero-order chi connectivity index (χ0) is 26.3. The van der Waals surface area contributed by atoms with Crippen molar-refractivity contribution >= 4 is 0 Å². The van der Waals surface area contributed by atoms with E-state index in [9.17, 15) is 5.26 Å². The van der Waals surface area contributed by atoms with Crippen LogP contribution >= 0.6 is 0 Å². The average Bonchev–Trinajstić information content (AvgIpc) is 2.63. The summed E-state index contributed by atoms with van der Waals surface area (Å²) in [5.41, 5.74) is -1.52. The number of nitriles is 2. The molecule has 3 unspecified atom stereocenters. The highest BCUT2D eigenvalue weighted by Gasteiger charge is 2.40. The highest BCUT2D eigenvalue weighted by Crippen LogP contribution is 2.40. The SMILES string of the molecule is CC(C#N)CC(C)(C)OC(C)CC(C)(C)C(C)(C)OCCC(C)(C)OCC(C)C(C)(C)C#N. The molecule has 5 nitrogen and oxygen atoms in total. The molecule has 0 fully saturated rings. The second-order valence-electron chi connectivity index (χ2n) is 12.9. The van der Waals surface area contributed by atoms with E-state index in [0.29, 0.717) is 19.6 Å². The van der Waals surface area contributed by atoms with Crippen LogP contribution in [0.3, 0.4) is 0 Å². The lowest BCUT2D eigenvalue weighted by Gasteiger charge is -2.44. The predicted octanol–water partition coefficient (Wildman–Crippen LogP) is 7.30. The molecule has 0 aromatic rings. The predicted molar refractivity (Wildman–Crippen MR) is 136 cm³/mol. The third-order valence-corrected chi connectivity index (χ3v) is 7.38. The first kappa shape index (κ1) is 31.9. The lowest BCUT2D eigenvalue weighted by Crippen LogP contribution is -2.45. The van der Waals surface area contributed by atoms with Gasteiger partial charge >= 0.3 is 0 Å². The fourth-order valence-corrected chi connectivity index (χ4v) is 3.87. The molecule has 0 aliphatic heterocycles. The van der Waals surface area contributed by atoms with Gasteiger partial charge in [-0.05, 0) is 99.8 Å². The van der Waals surface area contributed by atoms with Crippen LogP contribution in [0.5, 0.6) is 0 Å². The fraction of sp³-hybridized carbons (Fsp3) is 0.929. The Hall–Kier alpha value is -1.14. The van der Waals surface area contributed by atoms with Gasteiger partial charge in [0.15, 0.2) is 0 Å². The standard InChI is InChI=1S/C28H52N2O3/c1-21(18-29)16-27(10,11)33-23(3)17-25(6,7)28(12,13)31-15-14-26(8,9)32-19-22(2)24(4,5)20-30/h21-23H,14-17,19H2,1-13H3. The second-order valence-corrected chi connectivity index (χ2v) is 12.9. The van der Waals surface area contributed by atoms with Crippen LogP contribution in [0.1, 0.15) is 109 Å². The molecule has 0 N–H and O–H groups in total. The van der Waals surface area contributed by atoms with Crippen molar-refractivity contribution in [2.45, 2.75) is 132 Å². The van der Waals surface area contributed by atoms with E-state index < -0.39 is 5.41 Å². The molecule has 0 heterocycles. The molecule has 0 saturated carbocycles. The maximum absolute atomic E-state index is 9.33. The van der Waals surface area contributed by atoms with Crippen molar-refractivity contribution in [2.75, 3.05) is 13.2 Å². The lowest BCUT2D eigenvalue weighted by molar-refractivity contribution is -0.146. The van der Waals surface area contributed by atoms with Gasteiger partial charge in [0.25, 0.3) is 0 Å². The summed E-state index contributed by atoms with van der Waals surface area (Å²) in [6.07, 6.45) is 2.39. The molecule has 0 aromatic heterocycles. The molecule has 0 spiro atoms. The van der Waals surface area contributed by atoms with Crippen LogP contribution in [0.2, 0.25) is 0 Å². The number of ether oxygens (including phenoxy) is 3. The molecule has 0 aliphatic rings. The van der Waals surface area contributed by atoms with E-state index in [1.165, 1.54) is 0 Å². The maximum Gasteiger partial charge on any atom is 0.0687 e. The van der Waals surface area contributed by atoms with Crippen LogP contribution in [-0.4, -0.2) is 36.1 Å². The first-order valence-electron chi connectivity index (χ1n) is 12.5. The Morgan fingerprint density at radius 3 is 1.79 bits per heavy atom. The van der Waals surface area contributed by atoms with Gasteiger partial charge in [-0.3, -0.25) is 0 Å². The molecule has 3 atom stereocenters. The Labute approximate surface area is 205 Å². The molecular formula is C28H52N2O3. The summed E-state index contributed by atoms with van der Waals surface area (Å²) in [4.78, 5) is 0. The van der Waals surface area contributed by atoms with Gasteiger partial charge < -0.3 is 14.2 Å². The van der Waals surface area contributed by atoms with Gasteiger partial charge in [-0.1, -0.05) is 20.8 Å². The van der Waals surface area contributed by atoms with Gasteiger partial charge in [-0.15, -0.1) is 0 Å². The summed E-state index contributed by atoms with van der Waals surface area (Å²) >= 11 is 0. The molecule has 0 amide bonds. The lowest BCUT2D eigenvalue weighted by atomic mass is 9.73. The van der Waals surface area contributed by atoms with Gasteiger partial charge in [-0.25, -0.2) is 0 Å². The van der Waals surface area contributed by atoms with E-state index in [-0.39, 0.29) is 40.2 Å². The third kappa shape index (κ3) is 11.2. The largest absolute Gasteiger partial charge is 0.375 e. The van der Waals surface area contributed by atoms with E-state index in [1.54, 1.807) is 0 Å². The minimum atomic E-state index is -0.404. The van der Waals surface area contributed by atoms with Crippen molar-refractivity contribution in [2.24, 2.45) is 22.7 Å². The molecule has 0 aliphatic carbocycles. The van der Waals surface area contributed by atoms with Crippen molar-refractivity contribution in [3.05, 3.63) is 0 Å². The quantitative estimate of drug-likeness (QED) is 0.254. The van der Waals surface area contributed by atoms with Gasteiger partial charge in [0, 0.05) is 5.92 Å². The Balaban J connectivity index is 4.82. The number of hydrogen-bond donors (Lipinski definition) is 0. The van der Waals surface area contributed by atoms with Gasteiger partial charge in [0.05, 0.1) is 53.7 Å². The van der Waals surface area contributed by atoms with Crippen LogP contribution in [0.15, 0.2) is 0 Å². The van der Waals surface area contributed by atoms with E-state index in [2.05, 4.69) is 81.4 Å². The van der Waals surface area contributed by atoms with Crippen LogP contribution < -0.4 is 0 Å². The van der Waals surface area contributed by atoms with E-state index in [0.717, 1.165) is 12.8 Å². The number of rotatable bonds is 15. The van der Waals surface area contributed by atoms with Crippen molar-refractivity contribution in [1.29, 1.82) is 10.5 Å². The molecule has 33 heavy (non-hydrogen) atoms. The first-order valence-corrected chi connectivity index (χ1v) is 12.5. The number of hydrogen-bond acceptors (Lipinski definition) is 5. The number of nitrogens with zero attached hydrogens (tertiary/aromatic N) is 2. The molecule has 192 valence electrons. The monoisotopic (exact) mass is 464 g/mol.